The maximum absolute atomic E-state index is 12.4. The van der Waals surface area contributed by atoms with Gasteiger partial charge >= 0.3 is 12.0 Å². The Morgan fingerprint density at radius 2 is 1.80 bits per heavy atom. The quantitative estimate of drug-likeness (QED) is 0.816. The van der Waals surface area contributed by atoms with Crippen molar-refractivity contribution in [1.29, 1.82) is 0 Å². The van der Waals surface area contributed by atoms with E-state index in [9.17, 15) is 14.7 Å². The van der Waals surface area contributed by atoms with Crippen molar-refractivity contribution in [3.8, 4) is 0 Å². The van der Waals surface area contributed by atoms with Gasteiger partial charge in [0.25, 0.3) is 0 Å². The van der Waals surface area contributed by atoms with Crippen LogP contribution in [0, 0.1) is 17.8 Å². The second-order valence-corrected chi connectivity index (χ2v) is 6.57. The predicted molar refractivity (Wildman–Crippen MR) is 76.4 cm³/mol. The molecule has 0 radical (unpaired) electrons. The molecule has 2 fully saturated rings. The number of hydrogen-bond acceptors (Lipinski definition) is 2. The minimum atomic E-state index is -0.893. The number of carboxylic acids is 1. The first-order valence-corrected chi connectivity index (χ1v) is 7.71. The van der Waals surface area contributed by atoms with E-state index < -0.39 is 12.0 Å². The average molecular weight is 282 g/mol. The van der Waals surface area contributed by atoms with Gasteiger partial charge in [0.15, 0.2) is 0 Å². The van der Waals surface area contributed by atoms with Gasteiger partial charge in [0.2, 0.25) is 0 Å². The van der Waals surface area contributed by atoms with Gasteiger partial charge in [-0.05, 0) is 30.6 Å². The fourth-order valence-electron chi connectivity index (χ4n) is 3.58. The number of urea groups is 1. The molecule has 5 atom stereocenters. The number of rotatable bonds is 2. The zero-order valence-corrected chi connectivity index (χ0v) is 12.6. The summed E-state index contributed by atoms with van der Waals surface area (Å²) in [7, 11) is 0. The molecule has 2 rings (SSSR count). The highest BCUT2D eigenvalue weighted by Crippen LogP contribution is 2.30. The molecule has 114 valence electrons. The van der Waals surface area contributed by atoms with E-state index >= 15 is 0 Å². The van der Waals surface area contributed by atoms with Crippen LogP contribution in [0.1, 0.15) is 46.5 Å². The number of nitrogens with one attached hydrogen (secondary N) is 1. The van der Waals surface area contributed by atoms with Crippen molar-refractivity contribution in [1.82, 2.24) is 10.2 Å². The first kappa shape index (κ1) is 15.1. The topological polar surface area (TPSA) is 69.6 Å². The summed E-state index contributed by atoms with van der Waals surface area (Å²) in [6.07, 6.45) is 4.11. The van der Waals surface area contributed by atoms with Crippen LogP contribution in [0.5, 0.6) is 0 Å². The molecule has 0 spiro atoms. The van der Waals surface area contributed by atoms with Crippen molar-refractivity contribution in [2.24, 2.45) is 17.8 Å². The van der Waals surface area contributed by atoms with Gasteiger partial charge < -0.3 is 15.3 Å². The lowest BCUT2D eigenvalue weighted by atomic mass is 9.78. The zero-order chi connectivity index (χ0) is 14.9. The number of carbonyl (C=O) groups excluding carboxylic acids is 1. The Balaban J connectivity index is 1.99. The van der Waals surface area contributed by atoms with Crippen molar-refractivity contribution >= 4 is 12.0 Å². The van der Waals surface area contributed by atoms with Gasteiger partial charge in [0, 0.05) is 12.6 Å². The van der Waals surface area contributed by atoms with Gasteiger partial charge in [-0.15, -0.1) is 0 Å². The van der Waals surface area contributed by atoms with E-state index in [0.717, 1.165) is 19.3 Å². The molecule has 5 nitrogen and oxygen atoms in total. The lowest BCUT2D eigenvalue weighted by Crippen LogP contribution is -2.52. The summed E-state index contributed by atoms with van der Waals surface area (Å²) in [4.78, 5) is 25.2. The molecule has 1 saturated heterocycles. The average Bonchev–Trinajstić information content (AvgIpc) is 2.77. The van der Waals surface area contributed by atoms with Crippen LogP contribution in [-0.4, -0.2) is 40.6 Å². The summed E-state index contributed by atoms with van der Waals surface area (Å²) < 4.78 is 0. The number of carbonyl (C=O) groups is 2. The number of likely N-dealkylation sites (tertiary alicyclic amines) is 1. The fraction of sp³-hybridized carbons (Fsp3) is 0.867. The van der Waals surface area contributed by atoms with Crippen molar-refractivity contribution in [3.05, 3.63) is 0 Å². The molecule has 1 aliphatic heterocycles. The van der Waals surface area contributed by atoms with Crippen LogP contribution in [-0.2, 0) is 4.79 Å². The Morgan fingerprint density at radius 3 is 2.45 bits per heavy atom. The Labute approximate surface area is 120 Å². The molecule has 1 heterocycles. The number of nitrogens with zero attached hydrogens (tertiary/aromatic N) is 1. The van der Waals surface area contributed by atoms with Crippen LogP contribution in [0.15, 0.2) is 0 Å². The van der Waals surface area contributed by atoms with Crippen molar-refractivity contribution < 1.29 is 14.7 Å². The van der Waals surface area contributed by atoms with E-state index in [1.54, 1.807) is 0 Å². The minimum Gasteiger partial charge on any atom is -0.480 e. The van der Waals surface area contributed by atoms with E-state index in [2.05, 4.69) is 19.2 Å². The fourth-order valence-corrected chi connectivity index (χ4v) is 3.58. The van der Waals surface area contributed by atoms with E-state index in [1.165, 1.54) is 11.3 Å². The third kappa shape index (κ3) is 2.91. The van der Waals surface area contributed by atoms with Crippen LogP contribution >= 0.6 is 0 Å². The van der Waals surface area contributed by atoms with Crippen molar-refractivity contribution in [3.63, 3.8) is 0 Å². The largest absolute Gasteiger partial charge is 0.480 e. The van der Waals surface area contributed by atoms with E-state index in [1.807, 2.05) is 6.92 Å². The van der Waals surface area contributed by atoms with Gasteiger partial charge in [-0.3, -0.25) is 0 Å². The van der Waals surface area contributed by atoms with Crippen molar-refractivity contribution in [2.45, 2.75) is 58.5 Å². The van der Waals surface area contributed by atoms with Crippen LogP contribution in [0.4, 0.5) is 4.79 Å². The number of aliphatic carboxylic acids is 1. The minimum absolute atomic E-state index is 0.0287. The van der Waals surface area contributed by atoms with Gasteiger partial charge in [0.1, 0.15) is 6.04 Å². The van der Waals surface area contributed by atoms with Gasteiger partial charge in [-0.1, -0.05) is 33.6 Å². The second kappa shape index (κ2) is 6.02. The zero-order valence-electron chi connectivity index (χ0n) is 12.6. The van der Waals surface area contributed by atoms with Crippen LogP contribution < -0.4 is 5.32 Å². The van der Waals surface area contributed by atoms with Crippen molar-refractivity contribution in [2.75, 3.05) is 6.54 Å². The highest BCUT2D eigenvalue weighted by Gasteiger charge is 2.40. The highest BCUT2D eigenvalue weighted by atomic mass is 16.4. The van der Waals surface area contributed by atoms with Crippen LogP contribution in [0.25, 0.3) is 0 Å². The maximum atomic E-state index is 12.4. The lowest BCUT2D eigenvalue weighted by molar-refractivity contribution is -0.142. The molecule has 2 N–H and O–H groups in total. The standard InChI is InChI=1S/C15H26N2O3/c1-9-5-4-6-12(11(9)3)16-15(20)17-8-7-10(2)13(17)14(18)19/h9-13H,4-8H2,1-3H3,(H,16,20)(H,18,19). The number of carboxylic acid groups (broad SMARTS) is 1. The van der Waals surface area contributed by atoms with E-state index in [0.29, 0.717) is 18.4 Å². The summed E-state index contributed by atoms with van der Waals surface area (Å²) in [6, 6.07) is -0.698. The Hall–Kier alpha value is -1.26. The molecule has 1 aliphatic carbocycles. The highest BCUT2D eigenvalue weighted by molar-refractivity contribution is 5.83. The summed E-state index contributed by atoms with van der Waals surface area (Å²) >= 11 is 0. The van der Waals surface area contributed by atoms with Gasteiger partial charge in [0.05, 0.1) is 0 Å². The Bertz CT molecular complexity index is 385. The number of hydrogen-bond donors (Lipinski definition) is 2. The lowest BCUT2D eigenvalue weighted by Gasteiger charge is -2.36. The van der Waals surface area contributed by atoms with Gasteiger partial charge in [-0.25, -0.2) is 9.59 Å². The molecule has 2 amide bonds. The summed E-state index contributed by atoms with van der Waals surface area (Å²) in [5, 5.41) is 12.4. The van der Waals surface area contributed by atoms with Gasteiger partial charge in [-0.2, -0.15) is 0 Å². The third-order valence-electron chi connectivity index (χ3n) is 5.23. The Morgan fingerprint density at radius 1 is 1.10 bits per heavy atom. The first-order chi connectivity index (χ1) is 9.41. The molecule has 5 heteroatoms. The van der Waals surface area contributed by atoms with E-state index in [4.69, 9.17) is 0 Å². The number of amides is 2. The molecule has 0 aromatic carbocycles. The molecular weight excluding hydrogens is 256 g/mol. The molecule has 0 bridgehead atoms. The molecule has 20 heavy (non-hydrogen) atoms. The summed E-state index contributed by atoms with van der Waals surface area (Å²) in [5.74, 6) is 0.203. The van der Waals surface area contributed by atoms with E-state index in [-0.39, 0.29) is 18.0 Å². The first-order valence-electron chi connectivity index (χ1n) is 7.71. The SMILES string of the molecule is CC1CCCC(NC(=O)N2CCC(C)C2C(=O)O)C1C. The monoisotopic (exact) mass is 282 g/mol. The molecule has 2 aliphatic rings. The van der Waals surface area contributed by atoms with Crippen LogP contribution in [0.3, 0.4) is 0 Å². The maximum Gasteiger partial charge on any atom is 0.326 e. The molecule has 1 saturated carbocycles. The van der Waals surface area contributed by atoms with Crippen LogP contribution in [0.2, 0.25) is 0 Å². The smallest absolute Gasteiger partial charge is 0.326 e. The molecule has 5 unspecified atom stereocenters. The summed E-state index contributed by atoms with van der Waals surface area (Å²) in [5.41, 5.74) is 0. The summed E-state index contributed by atoms with van der Waals surface area (Å²) in [6.45, 7) is 6.84. The third-order valence-corrected chi connectivity index (χ3v) is 5.23. The second-order valence-electron chi connectivity index (χ2n) is 6.57. The predicted octanol–water partition coefficient (Wildman–Crippen LogP) is 2.32. The normalized spacial score (nSPS) is 37.8. The molecule has 0 aromatic rings. The molecular formula is C15H26N2O3. The molecule has 0 aromatic heterocycles. The Kier molecular flexibility index (Phi) is 4.55.